The number of amides is 2. The summed E-state index contributed by atoms with van der Waals surface area (Å²) in [7, 11) is 1.57. The van der Waals surface area contributed by atoms with Crippen molar-refractivity contribution in [3.05, 3.63) is 29.8 Å². The van der Waals surface area contributed by atoms with Crippen LogP contribution in [0.5, 0.6) is 0 Å². The Labute approximate surface area is 124 Å². The molecule has 0 spiro atoms. The lowest BCUT2D eigenvalue weighted by Crippen LogP contribution is -2.40. The number of likely N-dealkylation sites (N-methyl/N-ethyl adjacent to an activating group) is 1. The highest BCUT2D eigenvalue weighted by molar-refractivity contribution is 5.92. The molecule has 0 saturated carbocycles. The molecule has 112 valence electrons. The molecule has 0 bridgehead atoms. The monoisotopic (exact) mass is 288 g/mol. The van der Waals surface area contributed by atoms with Crippen LogP contribution in [0.25, 0.3) is 0 Å². The molecule has 0 atom stereocenters. The second-order valence-corrected chi connectivity index (χ2v) is 4.62. The molecule has 0 fully saturated rings. The first kappa shape index (κ1) is 16.7. The van der Waals surface area contributed by atoms with E-state index in [2.05, 4.69) is 10.6 Å². The van der Waals surface area contributed by atoms with Gasteiger partial charge < -0.3 is 10.6 Å². The molecule has 0 aliphatic carbocycles. The van der Waals surface area contributed by atoms with Crippen molar-refractivity contribution in [3.8, 4) is 6.07 Å². The molecule has 1 aromatic carbocycles. The average molecular weight is 288 g/mol. The topological polar surface area (TPSA) is 85.2 Å². The van der Waals surface area contributed by atoms with E-state index >= 15 is 0 Å². The van der Waals surface area contributed by atoms with E-state index in [9.17, 15) is 9.59 Å². The fourth-order valence-corrected chi connectivity index (χ4v) is 1.88. The zero-order chi connectivity index (χ0) is 15.7. The van der Waals surface area contributed by atoms with E-state index < -0.39 is 0 Å². The zero-order valence-corrected chi connectivity index (χ0v) is 12.3. The number of carbonyl (C=O) groups excluding carboxylic acids is 2. The molecule has 0 aliphatic heterocycles. The molecule has 0 radical (unpaired) electrons. The highest BCUT2D eigenvalue weighted by Crippen LogP contribution is 2.09. The van der Waals surface area contributed by atoms with E-state index in [1.165, 1.54) is 0 Å². The summed E-state index contributed by atoms with van der Waals surface area (Å²) in [5, 5.41) is 14.1. The summed E-state index contributed by atoms with van der Waals surface area (Å²) in [5.74, 6) is -0.329. The van der Waals surface area contributed by atoms with Crippen molar-refractivity contribution in [2.24, 2.45) is 0 Å². The molecule has 1 rings (SSSR count). The Hall–Kier alpha value is -2.39. The van der Waals surface area contributed by atoms with Gasteiger partial charge in [-0.2, -0.15) is 5.26 Å². The van der Waals surface area contributed by atoms with Crippen LogP contribution in [0.2, 0.25) is 0 Å². The quantitative estimate of drug-likeness (QED) is 0.782. The lowest BCUT2D eigenvalue weighted by molar-refractivity contribution is -0.123. The van der Waals surface area contributed by atoms with E-state index in [1.54, 1.807) is 36.2 Å². The largest absolute Gasteiger partial charge is 0.358 e. The summed E-state index contributed by atoms with van der Waals surface area (Å²) in [6, 6.07) is 8.74. The van der Waals surface area contributed by atoms with Gasteiger partial charge in [0.05, 0.1) is 24.7 Å². The number of carbonyl (C=O) groups is 2. The highest BCUT2D eigenvalue weighted by Gasteiger charge is 2.13. The molecular formula is C15H20N4O2. The van der Waals surface area contributed by atoms with Crippen molar-refractivity contribution >= 4 is 17.5 Å². The Morgan fingerprint density at radius 2 is 2.00 bits per heavy atom. The minimum absolute atomic E-state index is 0.122. The highest BCUT2D eigenvalue weighted by atomic mass is 16.2. The zero-order valence-electron chi connectivity index (χ0n) is 12.3. The molecule has 2 amide bonds. The first-order valence-electron chi connectivity index (χ1n) is 6.82. The van der Waals surface area contributed by atoms with Crippen LogP contribution in [0, 0.1) is 11.3 Å². The second kappa shape index (κ2) is 8.72. The predicted molar refractivity (Wildman–Crippen MR) is 80.6 cm³/mol. The smallest absolute Gasteiger partial charge is 0.238 e. The van der Waals surface area contributed by atoms with Gasteiger partial charge in [0.1, 0.15) is 0 Å². The number of nitrogens with one attached hydrogen (secondary N) is 2. The number of nitrogens with zero attached hydrogens (tertiary/aromatic N) is 2. The normalized spacial score (nSPS) is 10.0. The first-order chi connectivity index (χ1) is 10.1. The van der Waals surface area contributed by atoms with Gasteiger partial charge in [-0.3, -0.25) is 14.5 Å². The van der Waals surface area contributed by atoms with Gasteiger partial charge in [0.2, 0.25) is 11.8 Å². The lowest BCUT2D eigenvalue weighted by Gasteiger charge is -2.20. The summed E-state index contributed by atoms with van der Waals surface area (Å²) in [4.78, 5) is 25.2. The van der Waals surface area contributed by atoms with Crippen molar-refractivity contribution in [2.45, 2.75) is 13.3 Å². The summed E-state index contributed by atoms with van der Waals surface area (Å²) < 4.78 is 0. The molecule has 0 aliphatic rings. The Bertz CT molecular complexity index is 537. The Balaban J connectivity index is 2.60. The van der Waals surface area contributed by atoms with Crippen LogP contribution in [-0.2, 0) is 9.59 Å². The van der Waals surface area contributed by atoms with Crippen LogP contribution in [0.15, 0.2) is 24.3 Å². The Kier molecular flexibility index (Phi) is 6.92. The molecule has 0 unspecified atom stereocenters. The number of anilines is 1. The third kappa shape index (κ3) is 6.06. The van der Waals surface area contributed by atoms with Crippen LogP contribution in [0.3, 0.4) is 0 Å². The summed E-state index contributed by atoms with van der Waals surface area (Å²) in [6.45, 7) is 2.98. The predicted octanol–water partition coefficient (Wildman–Crippen LogP) is 0.955. The summed E-state index contributed by atoms with van der Waals surface area (Å²) in [6.07, 6.45) is 0.855. The van der Waals surface area contributed by atoms with E-state index in [1.807, 2.05) is 13.0 Å². The molecule has 0 heterocycles. The third-order valence-corrected chi connectivity index (χ3v) is 2.83. The maximum absolute atomic E-state index is 12.0. The van der Waals surface area contributed by atoms with Gasteiger partial charge in [-0.25, -0.2) is 0 Å². The fraction of sp³-hybridized carbons (Fsp3) is 0.400. The minimum atomic E-state index is -0.206. The SMILES string of the molecule is CCCN(CC(=O)NC)CC(=O)Nc1cccc(C#N)c1. The number of benzene rings is 1. The summed E-state index contributed by atoms with van der Waals surface area (Å²) in [5.41, 5.74) is 1.07. The van der Waals surface area contributed by atoms with Gasteiger partial charge in [-0.05, 0) is 31.2 Å². The first-order valence-corrected chi connectivity index (χ1v) is 6.82. The number of hydrogen-bond acceptors (Lipinski definition) is 4. The van der Waals surface area contributed by atoms with Gasteiger partial charge in [-0.1, -0.05) is 13.0 Å². The standard InChI is InChI=1S/C15H20N4O2/c1-3-7-19(10-14(20)17-2)11-15(21)18-13-6-4-5-12(8-13)9-16/h4-6,8H,3,7,10-11H2,1-2H3,(H,17,20)(H,18,21). The Morgan fingerprint density at radius 1 is 1.29 bits per heavy atom. The van der Waals surface area contributed by atoms with Crippen molar-refractivity contribution in [3.63, 3.8) is 0 Å². The van der Waals surface area contributed by atoms with Crippen LogP contribution < -0.4 is 10.6 Å². The molecule has 6 nitrogen and oxygen atoms in total. The van der Waals surface area contributed by atoms with Crippen molar-refractivity contribution < 1.29 is 9.59 Å². The van der Waals surface area contributed by atoms with Gasteiger partial charge in [0.15, 0.2) is 0 Å². The van der Waals surface area contributed by atoms with Gasteiger partial charge in [-0.15, -0.1) is 0 Å². The van der Waals surface area contributed by atoms with Crippen molar-refractivity contribution in [1.29, 1.82) is 5.26 Å². The number of hydrogen-bond donors (Lipinski definition) is 2. The summed E-state index contributed by atoms with van der Waals surface area (Å²) >= 11 is 0. The number of rotatable bonds is 7. The van der Waals surface area contributed by atoms with Crippen LogP contribution in [-0.4, -0.2) is 43.4 Å². The molecular weight excluding hydrogens is 268 g/mol. The van der Waals surface area contributed by atoms with Gasteiger partial charge in [0, 0.05) is 12.7 Å². The van der Waals surface area contributed by atoms with E-state index in [0.29, 0.717) is 17.8 Å². The second-order valence-electron chi connectivity index (χ2n) is 4.62. The van der Waals surface area contributed by atoms with Crippen LogP contribution >= 0.6 is 0 Å². The van der Waals surface area contributed by atoms with Crippen LogP contribution in [0.1, 0.15) is 18.9 Å². The molecule has 1 aromatic rings. The van der Waals surface area contributed by atoms with Gasteiger partial charge >= 0.3 is 0 Å². The van der Waals surface area contributed by atoms with Crippen LogP contribution in [0.4, 0.5) is 5.69 Å². The maximum atomic E-state index is 12.0. The average Bonchev–Trinajstić information content (AvgIpc) is 2.47. The molecule has 21 heavy (non-hydrogen) atoms. The maximum Gasteiger partial charge on any atom is 0.238 e. The molecule has 2 N–H and O–H groups in total. The minimum Gasteiger partial charge on any atom is -0.358 e. The van der Waals surface area contributed by atoms with Crippen molar-refractivity contribution in [2.75, 3.05) is 32.0 Å². The molecule has 6 heteroatoms. The fourth-order valence-electron chi connectivity index (χ4n) is 1.88. The van der Waals surface area contributed by atoms with Crippen molar-refractivity contribution in [1.82, 2.24) is 10.2 Å². The third-order valence-electron chi connectivity index (χ3n) is 2.83. The van der Waals surface area contributed by atoms with E-state index in [-0.39, 0.29) is 24.9 Å². The number of nitriles is 1. The Morgan fingerprint density at radius 3 is 2.62 bits per heavy atom. The molecule has 0 saturated heterocycles. The van der Waals surface area contributed by atoms with Gasteiger partial charge in [0.25, 0.3) is 0 Å². The lowest BCUT2D eigenvalue weighted by atomic mass is 10.2. The van der Waals surface area contributed by atoms with E-state index in [0.717, 1.165) is 6.42 Å². The van der Waals surface area contributed by atoms with E-state index in [4.69, 9.17) is 5.26 Å². The molecule has 0 aromatic heterocycles.